The van der Waals surface area contributed by atoms with Crippen LogP contribution in [0, 0.1) is 5.92 Å². The van der Waals surface area contributed by atoms with Gasteiger partial charge in [-0.25, -0.2) is 0 Å². The highest BCUT2D eigenvalue weighted by molar-refractivity contribution is 5.66. The largest absolute Gasteiger partial charge is 0.436 e. The van der Waals surface area contributed by atoms with Crippen molar-refractivity contribution in [2.24, 2.45) is 5.92 Å². The summed E-state index contributed by atoms with van der Waals surface area (Å²) < 4.78 is 10.6. The molecule has 2 unspecified atom stereocenters. The summed E-state index contributed by atoms with van der Waals surface area (Å²) in [5.41, 5.74) is 0. The minimum absolute atomic E-state index is 0.255. The number of esters is 1. The minimum atomic E-state index is -0.302. The van der Waals surface area contributed by atoms with Crippen LogP contribution in [-0.4, -0.2) is 18.4 Å². The van der Waals surface area contributed by atoms with Gasteiger partial charge in [0.05, 0.1) is 6.10 Å². The van der Waals surface area contributed by atoms with Crippen LogP contribution in [0.5, 0.6) is 0 Å². The molecule has 13 heavy (non-hydrogen) atoms. The predicted molar refractivity (Wildman–Crippen MR) is 49.1 cm³/mol. The van der Waals surface area contributed by atoms with Gasteiger partial charge in [-0.2, -0.15) is 0 Å². The Balaban J connectivity index is 2.35. The zero-order valence-electron chi connectivity index (χ0n) is 8.58. The van der Waals surface area contributed by atoms with Gasteiger partial charge in [0, 0.05) is 13.3 Å². The van der Waals surface area contributed by atoms with E-state index in [1.54, 1.807) is 0 Å². The van der Waals surface area contributed by atoms with Crippen molar-refractivity contribution >= 4 is 5.97 Å². The van der Waals surface area contributed by atoms with Crippen molar-refractivity contribution in [3.8, 4) is 0 Å². The van der Waals surface area contributed by atoms with E-state index in [-0.39, 0.29) is 18.4 Å². The van der Waals surface area contributed by atoms with Crippen molar-refractivity contribution in [3.05, 3.63) is 0 Å². The first-order valence-corrected chi connectivity index (χ1v) is 4.96. The second kappa shape index (κ2) is 4.61. The molecular weight excluding hydrogens is 168 g/mol. The standard InChI is InChI=1S/C10H18O3/c1-4-5-9-7(2)6-10(13-9)12-8(3)11/h7,9-10H,4-6H2,1-3H3/t7-,9?,10?/m1/s1. The van der Waals surface area contributed by atoms with E-state index in [1.165, 1.54) is 6.92 Å². The highest BCUT2D eigenvalue weighted by Crippen LogP contribution is 2.29. The number of hydrogen-bond donors (Lipinski definition) is 0. The van der Waals surface area contributed by atoms with Gasteiger partial charge >= 0.3 is 5.97 Å². The highest BCUT2D eigenvalue weighted by atomic mass is 16.7. The van der Waals surface area contributed by atoms with Crippen molar-refractivity contribution in [2.75, 3.05) is 0 Å². The molecule has 1 heterocycles. The highest BCUT2D eigenvalue weighted by Gasteiger charge is 2.33. The molecule has 1 saturated heterocycles. The molecular formula is C10H18O3. The van der Waals surface area contributed by atoms with Gasteiger partial charge in [-0.15, -0.1) is 0 Å². The molecule has 0 spiro atoms. The molecule has 0 amide bonds. The first-order chi connectivity index (χ1) is 6.13. The van der Waals surface area contributed by atoms with E-state index in [9.17, 15) is 4.79 Å². The SMILES string of the molecule is CCCC1OC(OC(C)=O)C[C@H]1C. The van der Waals surface area contributed by atoms with Crippen molar-refractivity contribution in [1.82, 2.24) is 0 Å². The molecule has 76 valence electrons. The second-order valence-corrected chi connectivity index (χ2v) is 3.72. The first kappa shape index (κ1) is 10.5. The van der Waals surface area contributed by atoms with E-state index in [0.717, 1.165) is 19.3 Å². The third-order valence-corrected chi connectivity index (χ3v) is 2.40. The summed E-state index contributed by atoms with van der Waals surface area (Å²) in [7, 11) is 0. The molecule has 3 atom stereocenters. The van der Waals surface area contributed by atoms with Gasteiger partial charge in [-0.3, -0.25) is 4.79 Å². The summed E-state index contributed by atoms with van der Waals surface area (Å²) in [5.74, 6) is 0.249. The third-order valence-electron chi connectivity index (χ3n) is 2.40. The summed E-state index contributed by atoms with van der Waals surface area (Å²) in [6.45, 7) is 5.69. The predicted octanol–water partition coefficient (Wildman–Crippen LogP) is 2.10. The third kappa shape index (κ3) is 2.99. The summed E-state index contributed by atoms with van der Waals surface area (Å²) in [4.78, 5) is 10.7. The maximum atomic E-state index is 10.7. The fourth-order valence-electron chi connectivity index (χ4n) is 1.74. The number of rotatable bonds is 3. The van der Waals surface area contributed by atoms with Crippen LogP contribution in [0.15, 0.2) is 0 Å². The molecule has 1 rings (SSSR count). The van der Waals surface area contributed by atoms with E-state index < -0.39 is 0 Å². The van der Waals surface area contributed by atoms with Crippen molar-refractivity contribution < 1.29 is 14.3 Å². The Morgan fingerprint density at radius 2 is 2.31 bits per heavy atom. The lowest BCUT2D eigenvalue weighted by Gasteiger charge is -2.13. The molecule has 0 N–H and O–H groups in total. The van der Waals surface area contributed by atoms with Gasteiger partial charge < -0.3 is 9.47 Å². The van der Waals surface area contributed by atoms with E-state index >= 15 is 0 Å². The number of carbonyl (C=O) groups is 1. The van der Waals surface area contributed by atoms with Crippen LogP contribution in [0.2, 0.25) is 0 Å². The van der Waals surface area contributed by atoms with Crippen LogP contribution in [0.4, 0.5) is 0 Å². The maximum Gasteiger partial charge on any atom is 0.304 e. The Morgan fingerprint density at radius 1 is 1.62 bits per heavy atom. The Labute approximate surface area is 79.4 Å². The molecule has 0 radical (unpaired) electrons. The van der Waals surface area contributed by atoms with Gasteiger partial charge in [0.15, 0.2) is 0 Å². The molecule has 1 fully saturated rings. The van der Waals surface area contributed by atoms with Crippen LogP contribution in [0.3, 0.4) is 0 Å². The molecule has 0 aromatic carbocycles. The van der Waals surface area contributed by atoms with Crippen LogP contribution in [-0.2, 0) is 14.3 Å². The lowest BCUT2D eigenvalue weighted by atomic mass is 10.0. The summed E-state index contributed by atoms with van der Waals surface area (Å²) >= 11 is 0. The summed E-state index contributed by atoms with van der Waals surface area (Å²) in [6.07, 6.45) is 2.98. The average molecular weight is 186 g/mol. The molecule has 0 aromatic rings. The van der Waals surface area contributed by atoms with Crippen molar-refractivity contribution in [3.63, 3.8) is 0 Å². The normalized spacial score (nSPS) is 33.3. The quantitative estimate of drug-likeness (QED) is 0.633. The first-order valence-electron chi connectivity index (χ1n) is 4.96. The monoisotopic (exact) mass is 186 g/mol. The minimum Gasteiger partial charge on any atom is -0.436 e. The molecule has 0 aromatic heterocycles. The van der Waals surface area contributed by atoms with Gasteiger partial charge in [-0.1, -0.05) is 20.3 Å². The molecule has 1 aliphatic rings. The topological polar surface area (TPSA) is 35.5 Å². The summed E-state index contributed by atoms with van der Waals surface area (Å²) in [5, 5.41) is 0. The van der Waals surface area contributed by atoms with Gasteiger partial charge in [0.2, 0.25) is 6.29 Å². The van der Waals surface area contributed by atoms with Crippen LogP contribution in [0.25, 0.3) is 0 Å². The van der Waals surface area contributed by atoms with E-state index in [1.807, 2.05) is 0 Å². The Morgan fingerprint density at radius 3 is 2.85 bits per heavy atom. The molecule has 0 aliphatic carbocycles. The zero-order chi connectivity index (χ0) is 9.84. The Kier molecular flexibility index (Phi) is 3.72. The number of hydrogen-bond acceptors (Lipinski definition) is 3. The van der Waals surface area contributed by atoms with E-state index in [4.69, 9.17) is 9.47 Å². The van der Waals surface area contributed by atoms with E-state index in [2.05, 4.69) is 13.8 Å². The van der Waals surface area contributed by atoms with Gasteiger partial charge in [0.25, 0.3) is 0 Å². The van der Waals surface area contributed by atoms with Crippen molar-refractivity contribution in [1.29, 1.82) is 0 Å². The number of carbonyl (C=O) groups excluding carboxylic acids is 1. The summed E-state index contributed by atoms with van der Waals surface area (Å²) in [6, 6.07) is 0. The Hall–Kier alpha value is -0.570. The van der Waals surface area contributed by atoms with Gasteiger partial charge in [-0.05, 0) is 12.3 Å². The zero-order valence-corrected chi connectivity index (χ0v) is 8.58. The average Bonchev–Trinajstić information content (AvgIpc) is 2.31. The van der Waals surface area contributed by atoms with E-state index in [0.29, 0.717) is 5.92 Å². The maximum absolute atomic E-state index is 10.7. The lowest BCUT2D eigenvalue weighted by Crippen LogP contribution is -2.17. The Bertz CT molecular complexity index is 179. The van der Waals surface area contributed by atoms with Crippen LogP contribution >= 0.6 is 0 Å². The molecule has 3 nitrogen and oxygen atoms in total. The van der Waals surface area contributed by atoms with Gasteiger partial charge in [0.1, 0.15) is 0 Å². The second-order valence-electron chi connectivity index (χ2n) is 3.72. The smallest absolute Gasteiger partial charge is 0.304 e. The molecule has 1 aliphatic heterocycles. The van der Waals surface area contributed by atoms with Crippen LogP contribution in [0.1, 0.15) is 40.0 Å². The molecule has 3 heteroatoms. The van der Waals surface area contributed by atoms with Crippen molar-refractivity contribution in [2.45, 2.75) is 52.4 Å². The fourth-order valence-corrected chi connectivity index (χ4v) is 1.74. The fraction of sp³-hybridized carbons (Fsp3) is 0.900. The molecule has 0 bridgehead atoms. The van der Waals surface area contributed by atoms with Crippen LogP contribution < -0.4 is 0 Å². The lowest BCUT2D eigenvalue weighted by molar-refractivity contribution is -0.173. The molecule has 0 saturated carbocycles. The number of ether oxygens (including phenoxy) is 2.